The number of aromatic amines is 1. The summed E-state index contributed by atoms with van der Waals surface area (Å²) < 4.78 is 38.9. The Hall–Kier alpha value is -3.03. The second kappa shape index (κ2) is 6.12. The van der Waals surface area contributed by atoms with Gasteiger partial charge in [0.05, 0.1) is 17.7 Å². The fraction of sp³-hybridized carbons (Fsp3) is 0.176. The number of carbonyl (C=O) groups is 1. The number of H-pyrrole nitrogens is 1. The quantitative estimate of drug-likeness (QED) is 0.748. The fourth-order valence-electron chi connectivity index (χ4n) is 2.54. The maximum atomic E-state index is 12.5. The molecule has 0 aliphatic carbocycles. The van der Waals surface area contributed by atoms with Crippen LogP contribution in [-0.4, -0.2) is 32.0 Å². The van der Waals surface area contributed by atoms with Gasteiger partial charge in [0, 0.05) is 11.4 Å². The number of halogens is 3. The topological polar surface area (TPSA) is 70.9 Å². The van der Waals surface area contributed by atoms with Gasteiger partial charge in [0.1, 0.15) is 5.82 Å². The van der Waals surface area contributed by atoms with Crippen LogP contribution in [-0.2, 0) is 6.42 Å². The van der Waals surface area contributed by atoms with Gasteiger partial charge in [-0.15, -0.1) is 0 Å². The molecule has 0 saturated heterocycles. The van der Waals surface area contributed by atoms with Gasteiger partial charge < -0.3 is 10.1 Å². The number of aromatic nitrogens is 3. The van der Waals surface area contributed by atoms with Crippen molar-refractivity contribution in [2.24, 2.45) is 0 Å². The lowest BCUT2D eigenvalue weighted by molar-refractivity contribution is -0.127. The third kappa shape index (κ3) is 3.73. The Labute approximate surface area is 140 Å². The van der Waals surface area contributed by atoms with Crippen molar-refractivity contribution in [3.63, 3.8) is 0 Å². The SMILES string of the molecule is Cc1cc(CC(F)(F)F)nn1-c1ccc(-c2ccc(C(=O)O)cc2)[nH]1. The molecule has 0 unspecified atom stereocenters. The number of rotatable bonds is 4. The van der Waals surface area contributed by atoms with E-state index >= 15 is 0 Å². The standard InChI is InChI=1S/C17H14F3N3O2/c1-10-8-13(9-17(18,19)20)22-23(10)15-7-6-14(21-15)11-2-4-12(5-3-11)16(24)25/h2-8,21H,9H2,1H3,(H,24,25). The molecule has 8 heteroatoms. The van der Waals surface area contributed by atoms with Gasteiger partial charge in [-0.1, -0.05) is 12.1 Å². The van der Waals surface area contributed by atoms with Crippen molar-refractivity contribution in [1.29, 1.82) is 0 Å². The highest BCUT2D eigenvalue weighted by Gasteiger charge is 2.29. The number of aryl methyl sites for hydroxylation is 1. The zero-order valence-electron chi connectivity index (χ0n) is 13.1. The average Bonchev–Trinajstić information content (AvgIpc) is 3.12. The van der Waals surface area contributed by atoms with Gasteiger partial charge in [0.15, 0.2) is 0 Å². The average molecular weight is 349 g/mol. The highest BCUT2D eigenvalue weighted by atomic mass is 19.4. The monoisotopic (exact) mass is 349 g/mol. The first kappa shape index (κ1) is 16.8. The molecule has 0 bridgehead atoms. The van der Waals surface area contributed by atoms with Crippen molar-refractivity contribution in [3.05, 3.63) is 59.4 Å². The summed E-state index contributed by atoms with van der Waals surface area (Å²) in [5.41, 5.74) is 2.17. The van der Waals surface area contributed by atoms with E-state index in [2.05, 4.69) is 10.1 Å². The van der Waals surface area contributed by atoms with E-state index in [9.17, 15) is 18.0 Å². The van der Waals surface area contributed by atoms with Crippen molar-refractivity contribution in [2.45, 2.75) is 19.5 Å². The summed E-state index contributed by atoms with van der Waals surface area (Å²) in [6, 6.07) is 11.1. The van der Waals surface area contributed by atoms with Crippen molar-refractivity contribution >= 4 is 5.97 Å². The summed E-state index contributed by atoms with van der Waals surface area (Å²) >= 11 is 0. The normalized spacial score (nSPS) is 11.7. The molecule has 0 amide bonds. The third-order valence-corrected chi connectivity index (χ3v) is 3.66. The van der Waals surface area contributed by atoms with Crippen molar-refractivity contribution in [3.8, 4) is 17.1 Å². The molecule has 2 heterocycles. The van der Waals surface area contributed by atoms with Crippen LogP contribution in [0.25, 0.3) is 17.1 Å². The number of nitrogens with zero attached hydrogens (tertiary/aromatic N) is 2. The molecule has 130 valence electrons. The summed E-state index contributed by atoms with van der Waals surface area (Å²) in [5.74, 6) is -0.480. The fourth-order valence-corrected chi connectivity index (χ4v) is 2.54. The number of aromatic carboxylic acids is 1. The molecule has 0 saturated carbocycles. The predicted octanol–water partition coefficient (Wildman–Crippen LogP) is 3.98. The minimum absolute atomic E-state index is 0.0491. The molecule has 5 nitrogen and oxygen atoms in total. The second-order valence-corrected chi connectivity index (χ2v) is 5.62. The molecule has 0 aliphatic heterocycles. The molecule has 3 rings (SSSR count). The van der Waals surface area contributed by atoms with E-state index in [1.807, 2.05) is 0 Å². The lowest BCUT2D eigenvalue weighted by atomic mass is 10.1. The molecule has 0 spiro atoms. The van der Waals surface area contributed by atoms with Gasteiger partial charge in [-0.05, 0) is 42.8 Å². The Kier molecular flexibility index (Phi) is 4.12. The summed E-state index contributed by atoms with van der Waals surface area (Å²) in [6.45, 7) is 1.68. The number of hydrogen-bond donors (Lipinski definition) is 2. The van der Waals surface area contributed by atoms with E-state index in [-0.39, 0.29) is 11.3 Å². The van der Waals surface area contributed by atoms with Crippen LogP contribution in [0.1, 0.15) is 21.7 Å². The summed E-state index contributed by atoms with van der Waals surface area (Å²) in [4.78, 5) is 14.0. The van der Waals surface area contributed by atoms with Crippen LogP contribution in [0.15, 0.2) is 42.5 Å². The summed E-state index contributed by atoms with van der Waals surface area (Å²) in [7, 11) is 0. The smallest absolute Gasteiger partial charge is 0.394 e. The zero-order valence-corrected chi connectivity index (χ0v) is 13.1. The maximum Gasteiger partial charge on any atom is 0.394 e. The lowest BCUT2D eigenvalue weighted by Crippen LogP contribution is -2.12. The molecule has 2 N–H and O–H groups in total. The van der Waals surface area contributed by atoms with E-state index in [4.69, 9.17) is 5.11 Å². The Bertz CT molecular complexity index is 908. The first-order chi connectivity index (χ1) is 11.7. The Morgan fingerprint density at radius 3 is 2.48 bits per heavy atom. The molecule has 1 aromatic carbocycles. The largest absolute Gasteiger partial charge is 0.478 e. The molecule has 0 aliphatic rings. The Morgan fingerprint density at radius 2 is 1.88 bits per heavy atom. The molecule has 25 heavy (non-hydrogen) atoms. The number of nitrogens with one attached hydrogen (secondary N) is 1. The number of carboxylic acids is 1. The molecule has 2 aromatic heterocycles. The number of alkyl halides is 3. The van der Waals surface area contributed by atoms with Crippen molar-refractivity contribution in [1.82, 2.24) is 14.8 Å². The van der Waals surface area contributed by atoms with Gasteiger partial charge in [-0.3, -0.25) is 0 Å². The number of benzene rings is 1. The minimum Gasteiger partial charge on any atom is -0.478 e. The molecule has 0 radical (unpaired) electrons. The van der Waals surface area contributed by atoms with Crippen molar-refractivity contribution < 1.29 is 23.1 Å². The number of hydrogen-bond acceptors (Lipinski definition) is 2. The number of carboxylic acid groups (broad SMARTS) is 1. The van der Waals surface area contributed by atoms with Crippen LogP contribution in [0, 0.1) is 6.92 Å². The van der Waals surface area contributed by atoms with Crippen LogP contribution >= 0.6 is 0 Å². The van der Waals surface area contributed by atoms with E-state index in [1.165, 1.54) is 22.9 Å². The van der Waals surface area contributed by atoms with Crippen molar-refractivity contribution in [2.75, 3.05) is 0 Å². The van der Waals surface area contributed by atoms with Crippen LogP contribution < -0.4 is 0 Å². The van der Waals surface area contributed by atoms with Crippen LogP contribution in [0.5, 0.6) is 0 Å². The van der Waals surface area contributed by atoms with Crippen LogP contribution in [0.3, 0.4) is 0 Å². The zero-order chi connectivity index (χ0) is 18.2. The third-order valence-electron chi connectivity index (χ3n) is 3.66. The maximum absolute atomic E-state index is 12.5. The van der Waals surface area contributed by atoms with Gasteiger partial charge >= 0.3 is 12.1 Å². The molecule has 0 atom stereocenters. The van der Waals surface area contributed by atoms with E-state index in [1.54, 1.807) is 31.2 Å². The van der Waals surface area contributed by atoms with Gasteiger partial charge in [0.2, 0.25) is 0 Å². The first-order valence-electron chi connectivity index (χ1n) is 7.38. The van der Waals surface area contributed by atoms with Crippen LogP contribution in [0.4, 0.5) is 13.2 Å². The predicted molar refractivity (Wildman–Crippen MR) is 84.8 cm³/mol. The molecule has 3 aromatic rings. The van der Waals surface area contributed by atoms with E-state index < -0.39 is 18.6 Å². The molecular formula is C17H14F3N3O2. The van der Waals surface area contributed by atoms with Gasteiger partial charge in [-0.25, -0.2) is 9.48 Å². The molecule has 0 fully saturated rings. The minimum atomic E-state index is -4.31. The highest BCUT2D eigenvalue weighted by molar-refractivity contribution is 5.88. The summed E-state index contributed by atoms with van der Waals surface area (Å²) in [6.07, 6.45) is -5.39. The Balaban J connectivity index is 1.87. The summed E-state index contributed by atoms with van der Waals surface area (Å²) in [5, 5.41) is 12.9. The van der Waals surface area contributed by atoms with E-state index in [0.717, 1.165) is 5.56 Å². The van der Waals surface area contributed by atoms with Gasteiger partial charge in [0.25, 0.3) is 0 Å². The van der Waals surface area contributed by atoms with E-state index in [0.29, 0.717) is 17.2 Å². The highest BCUT2D eigenvalue weighted by Crippen LogP contribution is 2.24. The molecular weight excluding hydrogens is 335 g/mol. The lowest BCUT2D eigenvalue weighted by Gasteiger charge is -2.03. The van der Waals surface area contributed by atoms with Gasteiger partial charge in [-0.2, -0.15) is 18.3 Å². The first-order valence-corrected chi connectivity index (χ1v) is 7.38. The second-order valence-electron chi connectivity index (χ2n) is 5.62. The van der Waals surface area contributed by atoms with Crippen LogP contribution in [0.2, 0.25) is 0 Å². The Morgan fingerprint density at radius 1 is 1.20 bits per heavy atom.